The van der Waals surface area contributed by atoms with Crippen LogP contribution in [0.3, 0.4) is 0 Å². The number of aromatic nitrogens is 2. The molecule has 8 heteroatoms. The standard InChI is InChI=1S/C25H26FN3O4/c1-12-6-13-14(9-27)15-10-29-20(21(15)28-19(13)8-18(12)26)7-17-16(22(29)30)11-32-23(31)25(17,5)33-24(2,3)4/h6-8H,9-11,27H2,1-5H3/t25-/m0/s1. The zero-order valence-electron chi connectivity index (χ0n) is 19.3. The van der Waals surface area contributed by atoms with E-state index < -0.39 is 17.2 Å². The van der Waals surface area contributed by atoms with Crippen LogP contribution in [0.2, 0.25) is 0 Å². The molecule has 0 amide bonds. The van der Waals surface area contributed by atoms with Crippen LogP contribution in [0.4, 0.5) is 4.39 Å². The first kappa shape index (κ1) is 21.7. The lowest BCUT2D eigenvalue weighted by Gasteiger charge is -2.38. The van der Waals surface area contributed by atoms with Gasteiger partial charge in [-0.1, -0.05) is 0 Å². The Kier molecular flexibility index (Phi) is 4.58. The second-order valence-electron chi connectivity index (χ2n) is 9.88. The Morgan fingerprint density at radius 1 is 1.24 bits per heavy atom. The molecule has 7 nitrogen and oxygen atoms in total. The molecule has 2 aromatic heterocycles. The number of nitrogens with two attached hydrogens (primary N) is 1. The summed E-state index contributed by atoms with van der Waals surface area (Å²) in [5.41, 5.74) is 8.39. The number of hydrogen-bond donors (Lipinski definition) is 1. The van der Waals surface area contributed by atoms with Crippen LogP contribution >= 0.6 is 0 Å². The molecule has 172 valence electrons. The van der Waals surface area contributed by atoms with Gasteiger partial charge >= 0.3 is 5.97 Å². The summed E-state index contributed by atoms with van der Waals surface area (Å²) < 4.78 is 27.5. The predicted molar refractivity (Wildman–Crippen MR) is 121 cm³/mol. The topological polar surface area (TPSA) is 96.4 Å². The third-order valence-electron chi connectivity index (χ3n) is 6.41. The highest BCUT2D eigenvalue weighted by atomic mass is 19.1. The summed E-state index contributed by atoms with van der Waals surface area (Å²) in [5, 5.41) is 0.778. The second kappa shape index (κ2) is 6.95. The number of hydrogen-bond acceptors (Lipinski definition) is 6. The Morgan fingerprint density at radius 3 is 2.64 bits per heavy atom. The molecule has 5 rings (SSSR count). The van der Waals surface area contributed by atoms with E-state index in [0.29, 0.717) is 40.1 Å². The lowest BCUT2D eigenvalue weighted by molar-refractivity contribution is -0.195. The van der Waals surface area contributed by atoms with E-state index in [1.165, 1.54) is 6.07 Å². The van der Waals surface area contributed by atoms with Gasteiger partial charge in [-0.25, -0.2) is 14.2 Å². The van der Waals surface area contributed by atoms with Crippen molar-refractivity contribution >= 4 is 16.9 Å². The highest BCUT2D eigenvalue weighted by Gasteiger charge is 2.47. The van der Waals surface area contributed by atoms with E-state index in [4.69, 9.17) is 20.2 Å². The SMILES string of the molecule is Cc1cc2c(CN)c3c(nc2cc1F)-c1cc2c(c(=O)n1C3)COC(=O)[C@@]2(C)OC(C)(C)C. The average Bonchev–Trinajstić information content (AvgIpc) is 3.08. The molecular weight excluding hydrogens is 425 g/mol. The number of rotatable bonds is 2. The van der Waals surface area contributed by atoms with Gasteiger partial charge in [-0.05, 0) is 57.9 Å². The van der Waals surface area contributed by atoms with Crippen LogP contribution < -0.4 is 11.3 Å². The lowest BCUT2D eigenvalue weighted by Crippen LogP contribution is -2.48. The Morgan fingerprint density at radius 2 is 1.97 bits per heavy atom. The molecule has 0 aliphatic carbocycles. The van der Waals surface area contributed by atoms with Crippen molar-refractivity contribution in [2.75, 3.05) is 0 Å². The molecule has 0 fully saturated rings. The fraction of sp³-hybridized carbons (Fsp3) is 0.400. The zero-order chi connectivity index (χ0) is 23.9. The summed E-state index contributed by atoms with van der Waals surface area (Å²) in [6.07, 6.45) is 0. The number of aryl methyl sites for hydroxylation is 1. The van der Waals surface area contributed by atoms with Gasteiger partial charge in [0.1, 0.15) is 12.4 Å². The maximum absolute atomic E-state index is 14.3. The number of nitrogens with zero attached hydrogens (tertiary/aromatic N) is 2. The maximum Gasteiger partial charge on any atom is 0.343 e. The number of carbonyl (C=O) groups excluding carboxylic acids is 1. The Bertz CT molecular complexity index is 1420. The molecule has 2 aliphatic rings. The Balaban J connectivity index is 1.80. The number of esters is 1. The van der Waals surface area contributed by atoms with Crippen LogP contribution in [-0.2, 0) is 39.6 Å². The first-order chi connectivity index (χ1) is 15.4. The van der Waals surface area contributed by atoms with Crippen molar-refractivity contribution < 1.29 is 18.7 Å². The summed E-state index contributed by atoms with van der Waals surface area (Å²) in [5.74, 6) is -0.896. The van der Waals surface area contributed by atoms with Crippen LogP contribution in [0.1, 0.15) is 55.5 Å². The molecule has 4 heterocycles. The van der Waals surface area contributed by atoms with Gasteiger partial charge in [-0.15, -0.1) is 0 Å². The number of benzene rings is 1. The van der Waals surface area contributed by atoms with Gasteiger partial charge in [0.15, 0.2) is 5.60 Å². The number of halogens is 1. The quantitative estimate of drug-likeness (QED) is 0.469. The first-order valence-corrected chi connectivity index (χ1v) is 10.9. The van der Waals surface area contributed by atoms with E-state index in [1.54, 1.807) is 30.5 Å². The van der Waals surface area contributed by atoms with Crippen molar-refractivity contribution in [2.24, 2.45) is 5.73 Å². The molecule has 0 saturated carbocycles. The molecule has 2 N–H and O–H groups in total. The number of ether oxygens (including phenoxy) is 2. The normalized spacial score (nSPS) is 19.3. The molecule has 1 atom stereocenters. The molecular formula is C25H26FN3O4. The molecule has 1 aromatic carbocycles. The first-order valence-electron chi connectivity index (χ1n) is 10.9. The smallest absolute Gasteiger partial charge is 0.343 e. The highest BCUT2D eigenvalue weighted by molar-refractivity contribution is 5.89. The Labute approximate surface area is 190 Å². The van der Waals surface area contributed by atoms with E-state index in [1.807, 2.05) is 20.8 Å². The molecule has 0 spiro atoms. The van der Waals surface area contributed by atoms with Crippen molar-refractivity contribution in [1.82, 2.24) is 9.55 Å². The highest BCUT2D eigenvalue weighted by Crippen LogP contribution is 2.41. The van der Waals surface area contributed by atoms with E-state index in [2.05, 4.69) is 0 Å². The summed E-state index contributed by atoms with van der Waals surface area (Å²) in [4.78, 5) is 31.1. The molecule has 0 radical (unpaired) electrons. The van der Waals surface area contributed by atoms with Gasteiger partial charge in [-0.2, -0.15) is 0 Å². The van der Waals surface area contributed by atoms with Gasteiger partial charge in [0.25, 0.3) is 5.56 Å². The van der Waals surface area contributed by atoms with Gasteiger partial charge in [-0.3, -0.25) is 4.79 Å². The van der Waals surface area contributed by atoms with Gasteiger partial charge in [0, 0.05) is 29.1 Å². The van der Waals surface area contributed by atoms with Crippen LogP contribution in [0.25, 0.3) is 22.3 Å². The van der Waals surface area contributed by atoms with Crippen LogP contribution in [0.15, 0.2) is 23.0 Å². The zero-order valence-corrected chi connectivity index (χ0v) is 19.3. The van der Waals surface area contributed by atoms with Crippen molar-refractivity contribution in [3.05, 3.63) is 62.2 Å². The fourth-order valence-electron chi connectivity index (χ4n) is 4.97. The maximum atomic E-state index is 14.3. The second-order valence-corrected chi connectivity index (χ2v) is 9.88. The van der Waals surface area contributed by atoms with Gasteiger partial charge < -0.3 is 19.8 Å². The minimum Gasteiger partial charge on any atom is -0.458 e. The van der Waals surface area contributed by atoms with E-state index >= 15 is 0 Å². The van der Waals surface area contributed by atoms with E-state index in [0.717, 1.165) is 16.5 Å². The van der Waals surface area contributed by atoms with Crippen molar-refractivity contribution in [3.8, 4) is 11.4 Å². The molecule has 33 heavy (non-hydrogen) atoms. The lowest BCUT2D eigenvalue weighted by atomic mass is 9.88. The number of fused-ring (bicyclic) bond motifs is 5. The van der Waals surface area contributed by atoms with Gasteiger partial charge in [0.05, 0.1) is 34.6 Å². The summed E-state index contributed by atoms with van der Waals surface area (Å²) in [7, 11) is 0. The average molecular weight is 451 g/mol. The monoisotopic (exact) mass is 451 g/mol. The molecule has 0 bridgehead atoms. The fourth-order valence-corrected chi connectivity index (χ4v) is 4.97. The number of carbonyl (C=O) groups is 1. The molecule has 2 aliphatic heterocycles. The van der Waals surface area contributed by atoms with Crippen molar-refractivity contribution in [1.29, 1.82) is 0 Å². The Hall–Kier alpha value is -3.10. The van der Waals surface area contributed by atoms with Crippen molar-refractivity contribution in [3.63, 3.8) is 0 Å². The van der Waals surface area contributed by atoms with E-state index in [-0.39, 0.29) is 24.5 Å². The van der Waals surface area contributed by atoms with Gasteiger partial charge in [0.2, 0.25) is 0 Å². The van der Waals surface area contributed by atoms with Crippen LogP contribution in [0, 0.1) is 12.7 Å². The van der Waals surface area contributed by atoms with Crippen molar-refractivity contribution in [2.45, 2.75) is 65.5 Å². The molecule has 0 unspecified atom stereocenters. The summed E-state index contributed by atoms with van der Waals surface area (Å²) >= 11 is 0. The minimum atomic E-state index is -1.44. The van der Waals surface area contributed by atoms with Crippen LogP contribution in [-0.4, -0.2) is 21.1 Å². The molecule has 0 saturated heterocycles. The summed E-state index contributed by atoms with van der Waals surface area (Å²) in [6, 6.07) is 4.93. The van der Waals surface area contributed by atoms with Crippen LogP contribution in [0.5, 0.6) is 0 Å². The number of pyridine rings is 2. The predicted octanol–water partition coefficient (Wildman–Crippen LogP) is 3.42. The van der Waals surface area contributed by atoms with E-state index in [9.17, 15) is 14.0 Å². The molecule has 3 aromatic rings. The minimum absolute atomic E-state index is 0.115. The largest absolute Gasteiger partial charge is 0.458 e. The summed E-state index contributed by atoms with van der Waals surface area (Å²) in [6.45, 7) is 9.25. The third kappa shape index (κ3) is 3.12. The number of cyclic esters (lactones) is 1. The third-order valence-corrected chi connectivity index (χ3v) is 6.41.